The Morgan fingerprint density at radius 1 is 0.386 bits per heavy atom. The standard InChI is InChI=1S/C26H40N2O14S2/c29-17(27-25(9-1-19(31)32,10-2-20(33)34)11-3-21(35)36)7-15-43-44-16-8-18(30)28-26(12-4-22(37)38,13-5-23(39)40)14-6-24(41)42/h1-16H2,(H,27,29)(H,28,30)(H,31,32)(H,33,34)(H,35,36)(H,37,38)(H,39,40)(H,41,42). The lowest BCUT2D eigenvalue weighted by Gasteiger charge is -2.34. The fourth-order valence-corrected chi connectivity index (χ4v) is 6.29. The third-order valence-electron chi connectivity index (χ3n) is 6.62. The van der Waals surface area contributed by atoms with Gasteiger partial charge in [-0.05, 0) is 38.5 Å². The molecule has 0 saturated heterocycles. The highest BCUT2D eigenvalue weighted by molar-refractivity contribution is 8.76. The highest BCUT2D eigenvalue weighted by Crippen LogP contribution is 2.29. The minimum Gasteiger partial charge on any atom is -0.481 e. The van der Waals surface area contributed by atoms with Crippen LogP contribution in [0, 0.1) is 0 Å². The SMILES string of the molecule is O=C(O)CCC(CCC(=O)O)(CCC(=O)O)NC(=O)CCSSCCC(=O)NC(CCC(=O)O)(CCC(=O)O)CCC(=O)O. The van der Waals surface area contributed by atoms with Crippen LogP contribution in [-0.4, -0.2) is 101 Å². The molecule has 0 spiro atoms. The first-order chi connectivity index (χ1) is 20.5. The molecule has 0 saturated carbocycles. The average molecular weight is 669 g/mol. The van der Waals surface area contributed by atoms with E-state index in [-0.39, 0.29) is 62.9 Å². The largest absolute Gasteiger partial charge is 0.481 e. The fourth-order valence-electron chi connectivity index (χ4n) is 4.31. The van der Waals surface area contributed by atoms with Gasteiger partial charge in [-0.1, -0.05) is 21.6 Å². The molecule has 0 aliphatic rings. The van der Waals surface area contributed by atoms with Crippen molar-refractivity contribution in [1.29, 1.82) is 0 Å². The van der Waals surface area contributed by atoms with Crippen molar-refractivity contribution >= 4 is 69.2 Å². The van der Waals surface area contributed by atoms with Gasteiger partial charge in [0.2, 0.25) is 11.8 Å². The molecule has 0 aromatic carbocycles. The molecule has 2 amide bonds. The molecule has 0 fully saturated rings. The van der Waals surface area contributed by atoms with Crippen LogP contribution in [0.4, 0.5) is 0 Å². The number of carboxylic acids is 6. The van der Waals surface area contributed by atoms with Crippen molar-refractivity contribution in [2.75, 3.05) is 11.5 Å². The summed E-state index contributed by atoms with van der Waals surface area (Å²) in [6, 6.07) is 0. The molecular formula is C26H40N2O14S2. The Bertz CT molecular complexity index is 865. The Kier molecular flexibility index (Phi) is 19.5. The van der Waals surface area contributed by atoms with E-state index in [1.54, 1.807) is 0 Å². The predicted octanol–water partition coefficient (Wildman–Crippen LogP) is 2.05. The third-order valence-corrected chi connectivity index (χ3v) is 9.03. The molecule has 0 aromatic rings. The van der Waals surface area contributed by atoms with Crippen molar-refractivity contribution in [3.8, 4) is 0 Å². The summed E-state index contributed by atoms with van der Waals surface area (Å²) in [5.41, 5.74) is -2.67. The maximum absolute atomic E-state index is 12.7. The van der Waals surface area contributed by atoms with Gasteiger partial charge in [-0.15, -0.1) is 0 Å². The number of aliphatic carboxylic acids is 6. The first-order valence-electron chi connectivity index (χ1n) is 13.7. The van der Waals surface area contributed by atoms with E-state index in [9.17, 15) is 38.4 Å². The first-order valence-corrected chi connectivity index (χ1v) is 16.2. The van der Waals surface area contributed by atoms with Crippen LogP contribution in [-0.2, 0) is 38.4 Å². The molecule has 18 heteroatoms. The molecule has 0 unspecified atom stereocenters. The van der Waals surface area contributed by atoms with Crippen molar-refractivity contribution in [3.63, 3.8) is 0 Å². The highest BCUT2D eigenvalue weighted by Gasteiger charge is 2.34. The molecular weight excluding hydrogens is 628 g/mol. The summed E-state index contributed by atoms with van der Waals surface area (Å²) in [5.74, 6) is -7.70. The van der Waals surface area contributed by atoms with Gasteiger partial charge >= 0.3 is 35.8 Å². The summed E-state index contributed by atoms with van der Waals surface area (Å²) in [6.45, 7) is 0. The Hall–Kier alpha value is -3.54. The molecule has 0 atom stereocenters. The van der Waals surface area contributed by atoms with Crippen LogP contribution in [0.1, 0.15) is 89.9 Å². The summed E-state index contributed by atoms with van der Waals surface area (Å²) >= 11 is 0. The topological polar surface area (TPSA) is 282 Å². The summed E-state index contributed by atoms with van der Waals surface area (Å²) in [7, 11) is 2.45. The van der Waals surface area contributed by atoms with Gasteiger partial charge in [-0.3, -0.25) is 38.4 Å². The lowest BCUT2D eigenvalue weighted by molar-refractivity contribution is -0.141. The van der Waals surface area contributed by atoms with E-state index in [1.165, 1.54) is 21.6 Å². The molecule has 0 aromatic heterocycles. The lowest BCUT2D eigenvalue weighted by atomic mass is 9.83. The number of rotatable bonds is 27. The molecule has 0 bridgehead atoms. The number of nitrogens with one attached hydrogen (secondary N) is 2. The van der Waals surface area contributed by atoms with Gasteiger partial charge in [0.25, 0.3) is 0 Å². The third kappa shape index (κ3) is 20.4. The van der Waals surface area contributed by atoms with E-state index >= 15 is 0 Å². The summed E-state index contributed by atoms with van der Waals surface area (Å²) in [6.07, 6.45) is -3.50. The Balaban J connectivity index is 5.07. The minimum absolute atomic E-state index is 0.0680. The van der Waals surface area contributed by atoms with Gasteiger partial charge < -0.3 is 41.3 Å². The van der Waals surface area contributed by atoms with Gasteiger partial charge in [0, 0.05) is 74.0 Å². The van der Waals surface area contributed by atoms with Crippen LogP contribution in [0.15, 0.2) is 0 Å². The maximum Gasteiger partial charge on any atom is 0.303 e. The Labute approximate surface area is 261 Å². The monoisotopic (exact) mass is 668 g/mol. The number of hydrogen-bond donors (Lipinski definition) is 8. The van der Waals surface area contributed by atoms with Crippen LogP contribution in [0.2, 0.25) is 0 Å². The van der Waals surface area contributed by atoms with Gasteiger partial charge in [0.1, 0.15) is 0 Å². The molecule has 250 valence electrons. The van der Waals surface area contributed by atoms with E-state index in [1.807, 2.05) is 0 Å². The van der Waals surface area contributed by atoms with E-state index in [0.29, 0.717) is 0 Å². The van der Waals surface area contributed by atoms with Crippen LogP contribution in [0.5, 0.6) is 0 Å². The van der Waals surface area contributed by atoms with Gasteiger partial charge in [0.05, 0.1) is 0 Å². The normalized spacial score (nSPS) is 11.4. The number of carbonyl (C=O) groups is 8. The quantitative estimate of drug-likeness (QED) is 0.0459. The van der Waals surface area contributed by atoms with Gasteiger partial charge in [0.15, 0.2) is 0 Å². The second kappa shape index (κ2) is 21.2. The Morgan fingerprint density at radius 2 is 0.591 bits per heavy atom. The second-order valence-electron chi connectivity index (χ2n) is 10.2. The zero-order valence-electron chi connectivity index (χ0n) is 24.1. The van der Waals surface area contributed by atoms with Crippen LogP contribution < -0.4 is 10.6 Å². The van der Waals surface area contributed by atoms with Crippen LogP contribution in [0.25, 0.3) is 0 Å². The molecule has 0 heterocycles. The number of amides is 2. The molecule has 0 rings (SSSR count). The molecule has 0 aliphatic heterocycles. The lowest BCUT2D eigenvalue weighted by Crippen LogP contribution is -2.49. The van der Waals surface area contributed by atoms with Crippen molar-refractivity contribution < 1.29 is 69.0 Å². The zero-order chi connectivity index (χ0) is 33.8. The molecule has 0 radical (unpaired) electrons. The molecule has 16 nitrogen and oxygen atoms in total. The highest BCUT2D eigenvalue weighted by atomic mass is 33.1. The average Bonchev–Trinajstić information content (AvgIpc) is 2.91. The Morgan fingerprint density at radius 3 is 0.773 bits per heavy atom. The van der Waals surface area contributed by atoms with Crippen LogP contribution in [0.3, 0.4) is 0 Å². The summed E-state index contributed by atoms with van der Waals surface area (Å²) in [5, 5.41) is 59.8. The summed E-state index contributed by atoms with van der Waals surface area (Å²) < 4.78 is 0. The minimum atomic E-state index is -1.34. The first kappa shape index (κ1) is 40.5. The smallest absolute Gasteiger partial charge is 0.303 e. The maximum atomic E-state index is 12.7. The summed E-state index contributed by atoms with van der Waals surface area (Å²) in [4.78, 5) is 92.1. The molecule has 44 heavy (non-hydrogen) atoms. The zero-order valence-corrected chi connectivity index (χ0v) is 25.7. The van der Waals surface area contributed by atoms with Gasteiger partial charge in [-0.25, -0.2) is 0 Å². The van der Waals surface area contributed by atoms with Crippen molar-refractivity contribution in [1.82, 2.24) is 10.6 Å². The van der Waals surface area contributed by atoms with Crippen molar-refractivity contribution in [2.45, 2.75) is 101 Å². The number of carboxylic acid groups (broad SMARTS) is 6. The number of carbonyl (C=O) groups excluding carboxylic acids is 2. The van der Waals surface area contributed by atoms with E-state index in [2.05, 4.69) is 10.6 Å². The van der Waals surface area contributed by atoms with E-state index in [4.69, 9.17) is 30.6 Å². The molecule has 0 aliphatic carbocycles. The number of hydrogen-bond acceptors (Lipinski definition) is 10. The van der Waals surface area contributed by atoms with Crippen molar-refractivity contribution in [3.05, 3.63) is 0 Å². The van der Waals surface area contributed by atoms with Crippen LogP contribution >= 0.6 is 21.6 Å². The molecule has 8 N–H and O–H groups in total. The van der Waals surface area contributed by atoms with Crippen molar-refractivity contribution in [2.24, 2.45) is 0 Å². The second-order valence-corrected chi connectivity index (χ2v) is 12.9. The van der Waals surface area contributed by atoms with E-state index in [0.717, 1.165) is 0 Å². The van der Waals surface area contributed by atoms with Gasteiger partial charge in [-0.2, -0.15) is 0 Å². The fraction of sp³-hybridized carbons (Fsp3) is 0.692. The predicted molar refractivity (Wildman–Crippen MR) is 157 cm³/mol. The van der Waals surface area contributed by atoms with E-state index < -0.39 is 97.2 Å².